The van der Waals surface area contributed by atoms with Crippen LogP contribution in [0.15, 0.2) is 17.1 Å². The van der Waals surface area contributed by atoms with E-state index in [1.54, 1.807) is 0 Å². The second-order valence-electron chi connectivity index (χ2n) is 5.18. The molecule has 1 aliphatic heterocycles. The number of aromatic amines is 1. The SMILES string of the molecule is Cl.NCC1(C(=O)Nc2cc(C(F)(F)F)c[nH]c2=O)CCOCC1. The quantitative estimate of drug-likeness (QED) is 0.765. The van der Waals surface area contributed by atoms with Gasteiger partial charge in [0.25, 0.3) is 5.56 Å². The van der Waals surface area contributed by atoms with E-state index in [0.717, 1.165) is 0 Å². The molecule has 1 aliphatic rings. The van der Waals surface area contributed by atoms with Gasteiger partial charge in [0.15, 0.2) is 0 Å². The number of rotatable bonds is 3. The van der Waals surface area contributed by atoms with Gasteiger partial charge in [0.05, 0.1) is 11.0 Å². The van der Waals surface area contributed by atoms with Crippen molar-refractivity contribution in [2.75, 3.05) is 25.1 Å². The molecule has 0 atom stereocenters. The molecule has 0 spiro atoms. The van der Waals surface area contributed by atoms with E-state index in [0.29, 0.717) is 38.3 Å². The molecule has 1 fully saturated rings. The average Bonchev–Trinajstić information content (AvgIpc) is 2.49. The predicted octanol–water partition coefficient (Wildman–Crippen LogP) is 1.51. The number of nitrogens with one attached hydrogen (secondary N) is 2. The molecule has 1 saturated heterocycles. The van der Waals surface area contributed by atoms with Crippen LogP contribution in [-0.4, -0.2) is 30.6 Å². The zero-order chi connectivity index (χ0) is 16.4. The standard InChI is InChI=1S/C13H16F3N3O3.ClH/c14-13(15,16)8-5-9(10(20)18-6-8)19-11(21)12(7-17)1-3-22-4-2-12;/h5-6H,1-4,7,17H2,(H,18,20)(H,19,21);1H. The van der Waals surface area contributed by atoms with Crippen LogP contribution < -0.4 is 16.6 Å². The molecule has 2 heterocycles. The molecular weight excluding hydrogens is 339 g/mol. The number of anilines is 1. The highest BCUT2D eigenvalue weighted by molar-refractivity contribution is 5.95. The topological polar surface area (TPSA) is 97.2 Å². The summed E-state index contributed by atoms with van der Waals surface area (Å²) in [5, 5.41) is 2.27. The molecule has 0 aromatic carbocycles. The van der Waals surface area contributed by atoms with Gasteiger partial charge in [0, 0.05) is 26.0 Å². The van der Waals surface area contributed by atoms with Crippen molar-refractivity contribution in [1.29, 1.82) is 0 Å². The van der Waals surface area contributed by atoms with Crippen molar-refractivity contribution >= 4 is 24.0 Å². The number of pyridine rings is 1. The van der Waals surface area contributed by atoms with E-state index >= 15 is 0 Å². The average molecular weight is 356 g/mol. The molecule has 0 aliphatic carbocycles. The Morgan fingerprint density at radius 2 is 2.00 bits per heavy atom. The van der Waals surface area contributed by atoms with Crippen LogP contribution in [0.4, 0.5) is 18.9 Å². The lowest BCUT2D eigenvalue weighted by Crippen LogP contribution is -2.46. The van der Waals surface area contributed by atoms with E-state index in [1.165, 1.54) is 0 Å². The third-order valence-corrected chi connectivity index (χ3v) is 3.80. The van der Waals surface area contributed by atoms with Crippen LogP contribution >= 0.6 is 12.4 Å². The summed E-state index contributed by atoms with van der Waals surface area (Å²) in [7, 11) is 0. The molecule has 23 heavy (non-hydrogen) atoms. The Kier molecular flexibility index (Phi) is 6.20. The van der Waals surface area contributed by atoms with Crippen LogP contribution in [0.5, 0.6) is 0 Å². The Balaban J connectivity index is 0.00000264. The van der Waals surface area contributed by atoms with Gasteiger partial charge < -0.3 is 20.8 Å². The van der Waals surface area contributed by atoms with Crippen molar-refractivity contribution in [2.24, 2.45) is 11.1 Å². The minimum atomic E-state index is -4.62. The van der Waals surface area contributed by atoms with E-state index in [1.807, 2.05) is 4.98 Å². The summed E-state index contributed by atoms with van der Waals surface area (Å²) in [6, 6.07) is 0.611. The largest absolute Gasteiger partial charge is 0.417 e. The minimum absolute atomic E-state index is 0. The van der Waals surface area contributed by atoms with Gasteiger partial charge in [-0.1, -0.05) is 0 Å². The van der Waals surface area contributed by atoms with Gasteiger partial charge in [0.1, 0.15) is 5.69 Å². The highest BCUT2D eigenvalue weighted by Crippen LogP contribution is 2.32. The predicted molar refractivity (Wildman–Crippen MR) is 79.5 cm³/mol. The summed E-state index contributed by atoms with van der Waals surface area (Å²) in [5.41, 5.74) is 2.42. The molecule has 4 N–H and O–H groups in total. The van der Waals surface area contributed by atoms with E-state index in [9.17, 15) is 22.8 Å². The third-order valence-electron chi connectivity index (χ3n) is 3.80. The maximum absolute atomic E-state index is 12.7. The number of nitrogens with two attached hydrogens (primary N) is 1. The fourth-order valence-electron chi connectivity index (χ4n) is 2.28. The molecule has 10 heteroatoms. The molecule has 1 amide bonds. The Morgan fingerprint density at radius 1 is 1.39 bits per heavy atom. The summed E-state index contributed by atoms with van der Waals surface area (Å²) in [6.45, 7) is 0.701. The second kappa shape index (κ2) is 7.33. The van der Waals surface area contributed by atoms with Crippen LogP contribution in [0.25, 0.3) is 0 Å². The van der Waals surface area contributed by atoms with Gasteiger partial charge >= 0.3 is 6.18 Å². The van der Waals surface area contributed by atoms with Crippen LogP contribution in [0.2, 0.25) is 0 Å². The Morgan fingerprint density at radius 3 is 2.52 bits per heavy atom. The van der Waals surface area contributed by atoms with Crippen molar-refractivity contribution in [3.8, 4) is 0 Å². The Labute approximate surface area is 136 Å². The number of H-pyrrole nitrogens is 1. The molecule has 6 nitrogen and oxygen atoms in total. The monoisotopic (exact) mass is 355 g/mol. The maximum atomic E-state index is 12.7. The van der Waals surface area contributed by atoms with Crippen molar-refractivity contribution in [2.45, 2.75) is 19.0 Å². The van der Waals surface area contributed by atoms with Crippen molar-refractivity contribution in [1.82, 2.24) is 4.98 Å². The highest BCUT2D eigenvalue weighted by atomic mass is 35.5. The molecule has 1 aromatic rings. The van der Waals surface area contributed by atoms with Crippen molar-refractivity contribution < 1.29 is 22.7 Å². The van der Waals surface area contributed by atoms with Crippen molar-refractivity contribution in [3.63, 3.8) is 0 Å². The number of hydrogen-bond donors (Lipinski definition) is 3. The lowest BCUT2D eigenvalue weighted by Gasteiger charge is -2.34. The van der Waals surface area contributed by atoms with Gasteiger partial charge in [-0.2, -0.15) is 13.2 Å². The number of carbonyl (C=O) groups is 1. The van der Waals surface area contributed by atoms with E-state index in [4.69, 9.17) is 10.5 Å². The number of aromatic nitrogens is 1. The molecule has 1 aromatic heterocycles. The highest BCUT2D eigenvalue weighted by Gasteiger charge is 2.39. The zero-order valence-electron chi connectivity index (χ0n) is 12.0. The second-order valence-corrected chi connectivity index (χ2v) is 5.18. The first kappa shape index (κ1) is 19.5. The van der Waals surface area contributed by atoms with Crippen LogP contribution in [-0.2, 0) is 15.7 Å². The van der Waals surface area contributed by atoms with E-state index in [-0.39, 0.29) is 19.0 Å². The van der Waals surface area contributed by atoms with E-state index < -0.39 is 34.3 Å². The fraction of sp³-hybridized carbons (Fsp3) is 0.538. The summed E-state index contributed by atoms with van der Waals surface area (Å²) in [5.74, 6) is -0.567. The number of halogens is 4. The number of hydrogen-bond acceptors (Lipinski definition) is 4. The molecule has 130 valence electrons. The molecule has 0 saturated carbocycles. The zero-order valence-corrected chi connectivity index (χ0v) is 12.9. The van der Waals surface area contributed by atoms with Crippen LogP contribution in [0, 0.1) is 5.41 Å². The lowest BCUT2D eigenvalue weighted by molar-refractivity contribution is -0.138. The molecule has 0 radical (unpaired) electrons. The molecular formula is C13H17ClF3N3O3. The Bertz CT molecular complexity index is 612. The van der Waals surface area contributed by atoms with Gasteiger partial charge in [-0.15, -0.1) is 12.4 Å². The van der Waals surface area contributed by atoms with E-state index in [2.05, 4.69) is 5.32 Å². The first-order valence-electron chi connectivity index (χ1n) is 6.68. The fourth-order valence-corrected chi connectivity index (χ4v) is 2.28. The van der Waals surface area contributed by atoms with Crippen LogP contribution in [0.1, 0.15) is 18.4 Å². The molecule has 0 bridgehead atoms. The normalized spacial score (nSPS) is 17.2. The first-order valence-corrected chi connectivity index (χ1v) is 6.68. The molecule has 0 unspecified atom stereocenters. The third kappa shape index (κ3) is 4.24. The summed E-state index contributed by atoms with van der Waals surface area (Å²) in [6.07, 6.45) is -3.35. The smallest absolute Gasteiger partial charge is 0.381 e. The van der Waals surface area contributed by atoms with Crippen molar-refractivity contribution in [3.05, 3.63) is 28.2 Å². The lowest BCUT2D eigenvalue weighted by atomic mass is 9.79. The minimum Gasteiger partial charge on any atom is -0.381 e. The Hall–Kier alpha value is -1.58. The number of carbonyl (C=O) groups excluding carboxylic acids is 1. The summed E-state index contributed by atoms with van der Waals surface area (Å²) in [4.78, 5) is 25.9. The molecule has 2 rings (SSSR count). The number of amides is 1. The van der Waals surface area contributed by atoms with Crippen LogP contribution in [0.3, 0.4) is 0 Å². The van der Waals surface area contributed by atoms with Gasteiger partial charge in [-0.3, -0.25) is 9.59 Å². The first-order chi connectivity index (χ1) is 10.3. The summed E-state index contributed by atoms with van der Waals surface area (Å²) < 4.78 is 43.1. The van der Waals surface area contributed by atoms with Gasteiger partial charge in [0.2, 0.25) is 5.91 Å². The maximum Gasteiger partial charge on any atom is 0.417 e. The number of ether oxygens (including phenoxy) is 1. The number of alkyl halides is 3. The van der Waals surface area contributed by atoms with Gasteiger partial charge in [-0.05, 0) is 18.9 Å². The van der Waals surface area contributed by atoms with Gasteiger partial charge in [-0.25, -0.2) is 0 Å². The summed E-state index contributed by atoms with van der Waals surface area (Å²) >= 11 is 0.